The number of carboxylic acid groups (broad SMARTS) is 1. The van der Waals surface area contributed by atoms with E-state index in [4.69, 9.17) is 4.74 Å². The van der Waals surface area contributed by atoms with E-state index in [2.05, 4.69) is 4.90 Å². The number of nitrogens with zero attached hydrogens (tertiary/aromatic N) is 2. The maximum Gasteiger partial charge on any atom is 0.329 e. The number of carboxylic acids is 1. The smallest absolute Gasteiger partial charge is 0.329 e. The van der Waals surface area contributed by atoms with E-state index < -0.39 is 37.4 Å². The average Bonchev–Trinajstić information content (AvgIpc) is 3.42. The fraction of sp³-hybridized carbons (Fsp3) is 0.400. The molecule has 2 aromatic rings. The minimum absolute atomic E-state index is 0.0961. The number of halogens is 1. The standard InChI is InChI=1S/C25H29FN2O5S/c1-4-27(5-2)16-10-12-18-11-6-9-15-21(18)34(31,32)28(26)25(23(29)30)22-17-33-20-14-8-7-13-19(20)24(22,25)3/h6-15,22H,4-5,16-17H2,1-3H3,(H,29,30)/b12-10+. The normalized spacial score (nSPS) is 25.8. The zero-order chi connectivity index (χ0) is 24.7. The highest BCUT2D eigenvalue weighted by molar-refractivity contribution is 7.89. The lowest BCUT2D eigenvalue weighted by atomic mass is 9.90. The third kappa shape index (κ3) is 3.37. The molecule has 2 aromatic carbocycles. The Bertz CT molecular complexity index is 1230. The van der Waals surface area contributed by atoms with Crippen LogP contribution < -0.4 is 4.74 Å². The Hall–Kier alpha value is -2.75. The van der Waals surface area contributed by atoms with Gasteiger partial charge in [-0.2, -0.15) is 0 Å². The molecule has 182 valence electrons. The monoisotopic (exact) mass is 488 g/mol. The summed E-state index contributed by atoms with van der Waals surface area (Å²) in [5.41, 5.74) is -2.80. The molecule has 1 aliphatic heterocycles. The van der Waals surface area contributed by atoms with Gasteiger partial charge in [-0.3, -0.25) is 4.79 Å². The van der Waals surface area contributed by atoms with Gasteiger partial charge in [0, 0.05) is 23.4 Å². The zero-order valence-electron chi connectivity index (χ0n) is 19.4. The lowest BCUT2D eigenvalue weighted by Crippen LogP contribution is -2.47. The molecular formula is C25H29FN2O5S. The number of benzene rings is 2. The third-order valence-corrected chi connectivity index (χ3v) is 8.97. The second-order valence-electron chi connectivity index (χ2n) is 8.78. The van der Waals surface area contributed by atoms with Crippen LogP contribution in [0.15, 0.2) is 59.5 Å². The van der Waals surface area contributed by atoms with Gasteiger partial charge >= 0.3 is 5.97 Å². The van der Waals surface area contributed by atoms with E-state index in [0.29, 0.717) is 23.4 Å². The van der Waals surface area contributed by atoms with Crippen LogP contribution in [0.25, 0.3) is 6.08 Å². The minimum Gasteiger partial charge on any atom is -0.493 e. The summed E-state index contributed by atoms with van der Waals surface area (Å²) in [4.78, 5) is 14.4. The number of hydrogen-bond acceptors (Lipinski definition) is 5. The lowest BCUT2D eigenvalue weighted by molar-refractivity contribution is -0.149. The molecule has 0 saturated heterocycles. The van der Waals surface area contributed by atoms with Crippen molar-refractivity contribution in [3.8, 4) is 5.75 Å². The van der Waals surface area contributed by atoms with E-state index in [1.807, 2.05) is 19.9 Å². The predicted octanol–water partition coefficient (Wildman–Crippen LogP) is 3.72. The van der Waals surface area contributed by atoms with Crippen molar-refractivity contribution in [2.45, 2.75) is 36.6 Å². The van der Waals surface area contributed by atoms with E-state index in [0.717, 1.165) is 13.1 Å². The predicted molar refractivity (Wildman–Crippen MR) is 127 cm³/mol. The van der Waals surface area contributed by atoms with Crippen LogP contribution in [0.5, 0.6) is 5.75 Å². The largest absolute Gasteiger partial charge is 0.493 e. The van der Waals surface area contributed by atoms with Crippen molar-refractivity contribution in [3.05, 3.63) is 65.7 Å². The van der Waals surface area contributed by atoms with Crippen molar-refractivity contribution >= 4 is 22.1 Å². The van der Waals surface area contributed by atoms with E-state index in [1.165, 1.54) is 12.1 Å². The number of hydrogen-bond donors (Lipinski definition) is 1. The molecule has 3 atom stereocenters. The molecule has 0 aromatic heterocycles. The van der Waals surface area contributed by atoms with E-state index >= 15 is 4.48 Å². The summed E-state index contributed by atoms with van der Waals surface area (Å²) in [7, 11) is -4.81. The molecule has 0 bridgehead atoms. The van der Waals surface area contributed by atoms with Gasteiger partial charge in [0.25, 0.3) is 10.0 Å². The van der Waals surface area contributed by atoms with Crippen LogP contribution in [0, 0.1) is 5.92 Å². The summed E-state index contributed by atoms with van der Waals surface area (Å²) in [5, 5.41) is 10.2. The zero-order valence-corrected chi connectivity index (χ0v) is 20.3. The molecule has 9 heteroatoms. The SMILES string of the molecule is CCN(CC)C/C=C/c1ccccc1S(=O)(=O)N(F)C1(C(=O)O)C2COc3ccccc3C21C. The van der Waals surface area contributed by atoms with Crippen LogP contribution in [0.2, 0.25) is 0 Å². The number of carbonyl (C=O) groups is 1. The van der Waals surface area contributed by atoms with Gasteiger partial charge in [-0.25, -0.2) is 8.42 Å². The van der Waals surface area contributed by atoms with Crippen molar-refractivity contribution < 1.29 is 27.5 Å². The van der Waals surface area contributed by atoms with Crippen LogP contribution >= 0.6 is 0 Å². The van der Waals surface area contributed by atoms with E-state index in [1.54, 1.807) is 49.4 Å². The quantitative estimate of drug-likeness (QED) is 0.542. The molecule has 0 amide bonds. The van der Waals surface area contributed by atoms with Crippen LogP contribution in [-0.2, 0) is 20.2 Å². The number of sulfonamides is 1. The molecule has 1 saturated carbocycles. The first-order chi connectivity index (χ1) is 16.2. The summed E-state index contributed by atoms with van der Waals surface area (Å²) in [5.74, 6) is -1.98. The molecular weight excluding hydrogens is 459 g/mol. The van der Waals surface area contributed by atoms with Gasteiger partial charge in [-0.05, 0) is 35.3 Å². The topological polar surface area (TPSA) is 87.2 Å². The summed E-state index contributed by atoms with van der Waals surface area (Å²) >= 11 is 0. The van der Waals surface area contributed by atoms with Crippen molar-refractivity contribution in [3.63, 3.8) is 0 Å². The molecule has 1 aliphatic carbocycles. The van der Waals surface area contributed by atoms with Gasteiger partial charge in [-0.15, -0.1) is 4.48 Å². The summed E-state index contributed by atoms with van der Waals surface area (Å²) in [6.07, 6.45) is 3.45. The number of likely N-dealkylation sites (N-methyl/N-ethyl adjacent to an activating group) is 1. The van der Waals surface area contributed by atoms with Gasteiger partial charge in [0.05, 0.1) is 11.5 Å². The molecule has 0 radical (unpaired) electrons. The van der Waals surface area contributed by atoms with Crippen molar-refractivity contribution in [2.75, 3.05) is 26.2 Å². The van der Waals surface area contributed by atoms with Gasteiger partial charge in [-0.1, -0.05) is 69.3 Å². The van der Waals surface area contributed by atoms with Crippen molar-refractivity contribution in [1.82, 2.24) is 9.43 Å². The first-order valence-corrected chi connectivity index (χ1v) is 12.8. The van der Waals surface area contributed by atoms with E-state index in [9.17, 15) is 18.3 Å². The Labute approximate surface area is 199 Å². The number of ether oxygens (including phenoxy) is 1. The molecule has 2 aliphatic rings. The van der Waals surface area contributed by atoms with Gasteiger partial charge in [0.1, 0.15) is 5.75 Å². The molecule has 0 spiro atoms. The second-order valence-corrected chi connectivity index (χ2v) is 10.5. The molecule has 4 rings (SSSR count). The molecule has 3 unspecified atom stereocenters. The Kier molecular flexibility index (Phi) is 6.30. The van der Waals surface area contributed by atoms with Crippen molar-refractivity contribution in [2.24, 2.45) is 5.92 Å². The first kappa shape index (κ1) is 24.4. The highest BCUT2D eigenvalue weighted by atomic mass is 32.2. The van der Waals surface area contributed by atoms with Crippen LogP contribution in [0.4, 0.5) is 4.48 Å². The highest BCUT2D eigenvalue weighted by Crippen LogP contribution is 2.70. The highest BCUT2D eigenvalue weighted by Gasteiger charge is 2.86. The number of para-hydroxylation sites is 1. The lowest BCUT2D eigenvalue weighted by Gasteiger charge is -2.26. The Balaban J connectivity index is 1.75. The van der Waals surface area contributed by atoms with Crippen LogP contribution in [0.1, 0.15) is 31.9 Å². The van der Waals surface area contributed by atoms with Gasteiger partial charge in [0.15, 0.2) is 5.54 Å². The first-order valence-electron chi connectivity index (χ1n) is 11.3. The maximum absolute atomic E-state index is 16.1. The van der Waals surface area contributed by atoms with E-state index in [-0.39, 0.29) is 11.5 Å². The second kappa shape index (κ2) is 8.79. The molecule has 7 nitrogen and oxygen atoms in total. The Morgan fingerprint density at radius 1 is 1.18 bits per heavy atom. The van der Waals surface area contributed by atoms with Crippen molar-refractivity contribution in [1.29, 1.82) is 0 Å². The van der Waals surface area contributed by atoms with Gasteiger partial charge in [0.2, 0.25) is 0 Å². The number of aliphatic carboxylic acids is 1. The number of rotatable bonds is 9. The Morgan fingerprint density at radius 2 is 1.82 bits per heavy atom. The molecule has 34 heavy (non-hydrogen) atoms. The summed E-state index contributed by atoms with van der Waals surface area (Å²) in [6, 6.07) is 12.8. The average molecular weight is 489 g/mol. The molecule has 1 N–H and O–H groups in total. The fourth-order valence-corrected chi connectivity index (χ4v) is 6.89. The van der Waals surface area contributed by atoms with Crippen LogP contribution in [-0.4, -0.2) is 60.7 Å². The molecule has 1 fully saturated rings. The third-order valence-electron chi connectivity index (χ3n) is 7.33. The fourth-order valence-electron chi connectivity index (χ4n) is 5.26. The number of fused-ring (bicyclic) bond motifs is 3. The Morgan fingerprint density at radius 3 is 2.50 bits per heavy atom. The minimum atomic E-state index is -4.81. The maximum atomic E-state index is 16.1. The van der Waals surface area contributed by atoms with Crippen LogP contribution in [0.3, 0.4) is 0 Å². The van der Waals surface area contributed by atoms with Gasteiger partial charge < -0.3 is 14.7 Å². The summed E-state index contributed by atoms with van der Waals surface area (Å²) < 4.78 is 48.5. The molecule has 1 heterocycles. The summed E-state index contributed by atoms with van der Waals surface area (Å²) in [6.45, 7) is 7.83.